The molecule has 2 aromatic rings. The molecule has 4 nitrogen and oxygen atoms in total. The molecule has 1 aliphatic heterocycles. The van der Waals surface area contributed by atoms with Crippen LogP contribution in [0.2, 0.25) is 0 Å². The molecule has 0 saturated carbocycles. The molecule has 136 valence electrons. The minimum absolute atomic E-state index is 0.0139. The van der Waals surface area contributed by atoms with E-state index < -0.39 is 5.60 Å². The van der Waals surface area contributed by atoms with Crippen LogP contribution in [-0.2, 0) is 12.0 Å². The first-order valence-corrected chi connectivity index (χ1v) is 9.30. The molecule has 1 heterocycles. The molecule has 0 bridgehead atoms. The number of Topliss-reactive ketones (excluding diaryl/α,β-unsaturated/α-hetero) is 1. The molecule has 2 aromatic carbocycles. The second-order valence-electron chi connectivity index (χ2n) is 7.49. The molecule has 0 aromatic heterocycles. The number of nitrogens with zero attached hydrogens (tertiary/aromatic N) is 1. The van der Waals surface area contributed by atoms with Crippen LogP contribution in [0.3, 0.4) is 0 Å². The largest absolute Gasteiger partial charge is 0.497 e. The summed E-state index contributed by atoms with van der Waals surface area (Å²) in [6, 6.07) is 15.7. The summed E-state index contributed by atoms with van der Waals surface area (Å²) >= 11 is 0. The molecule has 2 aliphatic rings. The molecule has 1 saturated heterocycles. The van der Waals surface area contributed by atoms with Gasteiger partial charge in [0.05, 0.1) is 12.7 Å². The Morgan fingerprint density at radius 3 is 2.58 bits per heavy atom. The highest BCUT2D eigenvalue weighted by Gasteiger charge is 2.37. The van der Waals surface area contributed by atoms with Gasteiger partial charge < -0.3 is 14.7 Å². The molecule has 1 unspecified atom stereocenters. The van der Waals surface area contributed by atoms with Gasteiger partial charge in [-0.2, -0.15) is 0 Å². The van der Waals surface area contributed by atoms with Crippen LogP contribution in [0.25, 0.3) is 0 Å². The van der Waals surface area contributed by atoms with Crippen LogP contribution in [0.15, 0.2) is 48.5 Å². The van der Waals surface area contributed by atoms with E-state index in [1.165, 1.54) is 0 Å². The molecule has 0 spiro atoms. The van der Waals surface area contributed by atoms with Gasteiger partial charge in [-0.25, -0.2) is 0 Å². The van der Waals surface area contributed by atoms with Gasteiger partial charge in [-0.1, -0.05) is 36.4 Å². The Morgan fingerprint density at radius 1 is 1.15 bits per heavy atom. The van der Waals surface area contributed by atoms with Crippen molar-refractivity contribution in [1.82, 2.24) is 4.90 Å². The average molecular weight is 351 g/mol. The van der Waals surface area contributed by atoms with Gasteiger partial charge in [-0.15, -0.1) is 0 Å². The molecule has 1 atom stereocenters. The van der Waals surface area contributed by atoms with Gasteiger partial charge in [0.1, 0.15) is 5.75 Å². The molecule has 1 fully saturated rings. The Labute approximate surface area is 154 Å². The summed E-state index contributed by atoms with van der Waals surface area (Å²) < 4.78 is 5.25. The van der Waals surface area contributed by atoms with E-state index >= 15 is 0 Å². The van der Waals surface area contributed by atoms with Crippen molar-refractivity contribution < 1.29 is 14.6 Å². The van der Waals surface area contributed by atoms with Gasteiger partial charge in [0, 0.05) is 31.1 Å². The number of methoxy groups -OCH3 is 1. The maximum absolute atomic E-state index is 12.8. The lowest BCUT2D eigenvalue weighted by molar-refractivity contribution is -0.0279. The van der Waals surface area contributed by atoms with E-state index in [0.717, 1.165) is 48.5 Å². The third-order valence-corrected chi connectivity index (χ3v) is 5.89. The lowest BCUT2D eigenvalue weighted by Gasteiger charge is -2.39. The number of carbonyl (C=O) groups is 1. The van der Waals surface area contributed by atoms with Crippen molar-refractivity contribution in [2.24, 2.45) is 5.92 Å². The van der Waals surface area contributed by atoms with E-state index in [2.05, 4.69) is 4.90 Å². The number of hydrogen-bond acceptors (Lipinski definition) is 4. The van der Waals surface area contributed by atoms with Crippen LogP contribution in [-0.4, -0.2) is 42.5 Å². The number of fused-ring (bicyclic) bond motifs is 1. The molecule has 26 heavy (non-hydrogen) atoms. The topological polar surface area (TPSA) is 49.8 Å². The number of hydrogen-bond donors (Lipinski definition) is 1. The molecular weight excluding hydrogens is 326 g/mol. The van der Waals surface area contributed by atoms with Gasteiger partial charge in [0.2, 0.25) is 0 Å². The molecule has 1 aliphatic carbocycles. The van der Waals surface area contributed by atoms with Crippen LogP contribution in [0.5, 0.6) is 5.75 Å². The first-order valence-electron chi connectivity index (χ1n) is 9.30. The number of aliphatic hydroxyl groups is 1. The Morgan fingerprint density at radius 2 is 1.88 bits per heavy atom. The zero-order valence-corrected chi connectivity index (χ0v) is 15.1. The summed E-state index contributed by atoms with van der Waals surface area (Å²) in [5.74, 6) is 0.978. The van der Waals surface area contributed by atoms with Gasteiger partial charge in [-0.3, -0.25) is 4.79 Å². The van der Waals surface area contributed by atoms with Crippen molar-refractivity contribution in [3.05, 3.63) is 65.2 Å². The van der Waals surface area contributed by atoms with Crippen molar-refractivity contribution in [3.8, 4) is 5.75 Å². The first kappa shape index (κ1) is 17.3. The Bertz CT molecular complexity index is 794. The molecule has 4 heteroatoms. The van der Waals surface area contributed by atoms with Crippen LogP contribution in [0.1, 0.15) is 34.3 Å². The number of likely N-dealkylation sites (tertiary alicyclic amines) is 1. The summed E-state index contributed by atoms with van der Waals surface area (Å²) in [4.78, 5) is 15.1. The maximum Gasteiger partial charge on any atom is 0.167 e. The highest BCUT2D eigenvalue weighted by atomic mass is 16.5. The van der Waals surface area contributed by atoms with E-state index in [0.29, 0.717) is 12.8 Å². The fraction of sp³-hybridized carbons (Fsp3) is 0.409. The first-order chi connectivity index (χ1) is 12.6. The summed E-state index contributed by atoms with van der Waals surface area (Å²) in [7, 11) is 1.63. The van der Waals surface area contributed by atoms with E-state index in [1.54, 1.807) is 7.11 Å². The maximum atomic E-state index is 12.8. The fourth-order valence-electron chi connectivity index (χ4n) is 4.27. The lowest BCUT2D eigenvalue weighted by Crippen LogP contribution is -2.44. The quantitative estimate of drug-likeness (QED) is 0.920. The predicted octanol–water partition coefficient (Wildman–Crippen LogP) is 3.03. The summed E-state index contributed by atoms with van der Waals surface area (Å²) in [5.41, 5.74) is 2.19. The van der Waals surface area contributed by atoms with E-state index in [-0.39, 0.29) is 11.7 Å². The van der Waals surface area contributed by atoms with Crippen molar-refractivity contribution in [2.45, 2.75) is 24.9 Å². The predicted molar refractivity (Wildman–Crippen MR) is 101 cm³/mol. The number of ether oxygens (including phenoxy) is 1. The van der Waals surface area contributed by atoms with Crippen molar-refractivity contribution in [3.63, 3.8) is 0 Å². The number of piperidine rings is 1. The number of rotatable bonds is 4. The Hall–Kier alpha value is -2.17. The van der Waals surface area contributed by atoms with E-state index in [9.17, 15) is 9.90 Å². The molecular formula is C22H25NO3. The van der Waals surface area contributed by atoms with Gasteiger partial charge in [0.15, 0.2) is 5.78 Å². The SMILES string of the molecule is COc1ccc2c(c1)C(=O)C(CN1CCC(O)(c3ccccc3)CC1)C2. The lowest BCUT2D eigenvalue weighted by atomic mass is 9.84. The second kappa shape index (κ2) is 6.86. The number of ketones is 1. The number of benzene rings is 2. The van der Waals surface area contributed by atoms with Gasteiger partial charge in [0.25, 0.3) is 0 Å². The molecule has 0 amide bonds. The van der Waals surface area contributed by atoms with Crippen molar-refractivity contribution >= 4 is 5.78 Å². The summed E-state index contributed by atoms with van der Waals surface area (Å²) in [6.45, 7) is 2.39. The standard InChI is InChI=1S/C22H25NO3/c1-26-19-8-7-16-13-17(21(24)20(16)14-19)15-23-11-9-22(25,10-12-23)18-5-3-2-4-6-18/h2-8,14,17,25H,9-13,15H2,1H3. The van der Waals surface area contributed by atoms with Crippen molar-refractivity contribution in [1.29, 1.82) is 0 Å². The van der Waals surface area contributed by atoms with Gasteiger partial charge >= 0.3 is 0 Å². The smallest absolute Gasteiger partial charge is 0.167 e. The molecule has 4 rings (SSSR count). The van der Waals surface area contributed by atoms with Crippen LogP contribution >= 0.6 is 0 Å². The highest BCUT2D eigenvalue weighted by molar-refractivity contribution is 6.02. The Kier molecular flexibility index (Phi) is 4.55. The fourth-order valence-corrected chi connectivity index (χ4v) is 4.27. The molecule has 0 radical (unpaired) electrons. The van der Waals surface area contributed by atoms with Crippen LogP contribution < -0.4 is 4.74 Å². The third kappa shape index (κ3) is 3.15. The Balaban J connectivity index is 1.39. The third-order valence-electron chi connectivity index (χ3n) is 5.89. The summed E-state index contributed by atoms with van der Waals surface area (Å²) in [6.07, 6.45) is 2.22. The minimum atomic E-state index is -0.742. The van der Waals surface area contributed by atoms with Gasteiger partial charge in [-0.05, 0) is 42.5 Å². The second-order valence-corrected chi connectivity index (χ2v) is 7.49. The van der Waals surface area contributed by atoms with Crippen LogP contribution in [0.4, 0.5) is 0 Å². The highest BCUT2D eigenvalue weighted by Crippen LogP contribution is 2.35. The number of carbonyl (C=O) groups excluding carboxylic acids is 1. The normalized spacial score (nSPS) is 22.2. The van der Waals surface area contributed by atoms with E-state index in [1.807, 2.05) is 48.5 Å². The minimum Gasteiger partial charge on any atom is -0.497 e. The van der Waals surface area contributed by atoms with Crippen LogP contribution in [0, 0.1) is 5.92 Å². The zero-order valence-electron chi connectivity index (χ0n) is 15.1. The van der Waals surface area contributed by atoms with Crippen molar-refractivity contribution in [2.75, 3.05) is 26.7 Å². The monoisotopic (exact) mass is 351 g/mol. The average Bonchev–Trinajstić information content (AvgIpc) is 2.99. The van der Waals surface area contributed by atoms with E-state index in [4.69, 9.17) is 4.74 Å². The molecule has 1 N–H and O–H groups in total. The summed E-state index contributed by atoms with van der Waals surface area (Å²) in [5, 5.41) is 11.0. The zero-order chi connectivity index (χ0) is 18.1.